The molecule has 0 spiro atoms. The van der Waals surface area contributed by atoms with E-state index in [2.05, 4.69) is 6.58 Å². The van der Waals surface area contributed by atoms with Gasteiger partial charge in [0.15, 0.2) is 11.5 Å². The maximum Gasteiger partial charge on any atom is 0.246 e. The van der Waals surface area contributed by atoms with Crippen LogP contribution < -0.4 is 19.1 Å². The molecule has 0 saturated carbocycles. The minimum atomic E-state index is -3.75. The topological polar surface area (TPSA) is 88.6 Å². The number of hydrogen-bond donors (Lipinski definition) is 0. The summed E-state index contributed by atoms with van der Waals surface area (Å²) in [5.74, 6) is 1.70. The predicted molar refractivity (Wildman–Crippen MR) is 133 cm³/mol. The average Bonchev–Trinajstić information content (AvgIpc) is 2.91. The maximum absolute atomic E-state index is 13.6. The number of hydrogen-bond acceptors (Lipinski definition) is 7. The molecule has 2 aliphatic rings. The van der Waals surface area contributed by atoms with Gasteiger partial charge in [-0.05, 0) is 54.0 Å². The number of rotatable bonds is 7. The van der Waals surface area contributed by atoms with E-state index in [1.54, 1.807) is 44.4 Å². The van der Waals surface area contributed by atoms with Gasteiger partial charge in [0.25, 0.3) is 0 Å². The van der Waals surface area contributed by atoms with Crippen molar-refractivity contribution in [1.29, 1.82) is 0 Å². The Balaban J connectivity index is 1.59. The summed E-state index contributed by atoms with van der Waals surface area (Å²) in [6, 6.07) is 8.71. The lowest BCUT2D eigenvalue weighted by Crippen LogP contribution is -2.48. The van der Waals surface area contributed by atoms with Crippen LogP contribution in [0.3, 0.4) is 0 Å². The minimum Gasteiger partial charge on any atom is -0.495 e. The van der Waals surface area contributed by atoms with Gasteiger partial charge in [0.1, 0.15) is 5.75 Å². The number of amides is 1. The van der Waals surface area contributed by atoms with Crippen LogP contribution in [0.25, 0.3) is 0 Å². The molecule has 0 unspecified atom stereocenters. The van der Waals surface area contributed by atoms with E-state index in [0.29, 0.717) is 62.1 Å². The van der Waals surface area contributed by atoms with Crippen molar-refractivity contribution in [3.63, 3.8) is 0 Å². The summed E-state index contributed by atoms with van der Waals surface area (Å²) in [5, 5.41) is 0. The fourth-order valence-electron chi connectivity index (χ4n) is 4.59. The van der Waals surface area contributed by atoms with Gasteiger partial charge in [-0.15, -0.1) is 0 Å². The van der Waals surface area contributed by atoms with E-state index in [1.807, 2.05) is 17.0 Å². The lowest BCUT2D eigenvalue weighted by molar-refractivity contribution is -0.126. The molecule has 0 aliphatic carbocycles. The summed E-state index contributed by atoms with van der Waals surface area (Å²) in [5.41, 5.74) is 2.65. The highest BCUT2D eigenvalue weighted by Crippen LogP contribution is 2.36. The number of fused-ring (bicyclic) bond motifs is 1. The van der Waals surface area contributed by atoms with E-state index < -0.39 is 10.0 Å². The molecule has 35 heavy (non-hydrogen) atoms. The molecule has 2 aliphatic heterocycles. The van der Waals surface area contributed by atoms with Gasteiger partial charge in [-0.25, -0.2) is 8.42 Å². The Bertz CT molecular complexity index is 1220. The molecule has 188 valence electrons. The number of methoxy groups -OCH3 is 3. The highest BCUT2D eigenvalue weighted by atomic mass is 32.2. The molecular formula is C25H31N3O6S. The molecule has 0 bridgehead atoms. The fraction of sp³-hybridized carbons (Fsp3) is 0.400. The van der Waals surface area contributed by atoms with Crippen molar-refractivity contribution in [3.8, 4) is 17.2 Å². The molecule has 1 amide bonds. The van der Waals surface area contributed by atoms with Crippen LogP contribution in [0.1, 0.15) is 11.1 Å². The van der Waals surface area contributed by atoms with E-state index in [4.69, 9.17) is 14.2 Å². The third kappa shape index (κ3) is 4.81. The molecule has 1 saturated heterocycles. The van der Waals surface area contributed by atoms with Crippen LogP contribution in [0.5, 0.6) is 17.2 Å². The normalized spacial score (nSPS) is 16.4. The molecule has 9 nitrogen and oxygen atoms in total. The lowest BCUT2D eigenvalue weighted by Gasteiger charge is -2.36. The summed E-state index contributed by atoms with van der Waals surface area (Å²) in [6.07, 6.45) is 1.89. The number of piperazine rings is 1. The van der Waals surface area contributed by atoms with E-state index in [-0.39, 0.29) is 17.3 Å². The van der Waals surface area contributed by atoms with Crippen LogP contribution in [0.2, 0.25) is 0 Å². The van der Waals surface area contributed by atoms with Crippen molar-refractivity contribution in [1.82, 2.24) is 9.21 Å². The van der Waals surface area contributed by atoms with Crippen LogP contribution in [0.4, 0.5) is 5.69 Å². The van der Waals surface area contributed by atoms with E-state index >= 15 is 0 Å². The summed E-state index contributed by atoms with van der Waals surface area (Å²) < 4.78 is 45.1. The van der Waals surface area contributed by atoms with Crippen LogP contribution in [0, 0.1) is 0 Å². The Morgan fingerprint density at radius 3 is 2.11 bits per heavy atom. The van der Waals surface area contributed by atoms with Gasteiger partial charge >= 0.3 is 0 Å². The number of sulfonamides is 1. The van der Waals surface area contributed by atoms with Crippen molar-refractivity contribution < 1.29 is 27.4 Å². The van der Waals surface area contributed by atoms with Gasteiger partial charge in [0.2, 0.25) is 15.9 Å². The predicted octanol–water partition coefficient (Wildman–Crippen LogP) is 2.29. The smallest absolute Gasteiger partial charge is 0.246 e. The highest BCUT2D eigenvalue weighted by Gasteiger charge is 2.31. The standard InChI is InChI=1S/C25H31N3O6S/c1-5-25(29)27-12-10-26(11-13-27)21-16-20(6-7-22(21)32-2)35(30,31)28-9-8-18-14-23(33-3)24(34-4)15-19(18)17-28/h5-7,14-16H,1,8-13,17H2,2-4H3. The number of nitrogens with zero attached hydrogens (tertiary/aromatic N) is 3. The molecule has 0 atom stereocenters. The lowest BCUT2D eigenvalue weighted by atomic mass is 10.0. The zero-order chi connectivity index (χ0) is 25.2. The van der Waals surface area contributed by atoms with Crippen LogP contribution >= 0.6 is 0 Å². The number of carbonyl (C=O) groups excluding carboxylic acids is 1. The van der Waals surface area contributed by atoms with Crippen LogP contribution in [-0.4, -0.2) is 77.6 Å². The summed E-state index contributed by atoms with van der Waals surface area (Å²) in [6.45, 7) is 6.36. The third-order valence-corrected chi connectivity index (χ3v) is 8.42. The Hall–Kier alpha value is -3.24. The van der Waals surface area contributed by atoms with Crippen molar-refractivity contribution in [2.45, 2.75) is 17.9 Å². The van der Waals surface area contributed by atoms with E-state index in [1.165, 1.54) is 10.4 Å². The quantitative estimate of drug-likeness (QED) is 0.538. The maximum atomic E-state index is 13.6. The first-order valence-corrected chi connectivity index (χ1v) is 12.8. The zero-order valence-corrected chi connectivity index (χ0v) is 21.1. The second kappa shape index (κ2) is 10.2. The molecular weight excluding hydrogens is 470 g/mol. The van der Waals surface area contributed by atoms with Crippen LogP contribution in [0.15, 0.2) is 47.9 Å². The molecule has 0 radical (unpaired) electrons. The number of carbonyl (C=O) groups is 1. The summed E-state index contributed by atoms with van der Waals surface area (Å²) in [4.78, 5) is 15.9. The fourth-order valence-corrected chi connectivity index (χ4v) is 6.03. The largest absolute Gasteiger partial charge is 0.495 e. The third-order valence-electron chi connectivity index (χ3n) is 6.58. The Kier molecular flexibility index (Phi) is 7.23. The molecule has 10 heteroatoms. The highest BCUT2D eigenvalue weighted by molar-refractivity contribution is 7.89. The van der Waals surface area contributed by atoms with Gasteiger partial charge in [0.05, 0.1) is 31.9 Å². The van der Waals surface area contributed by atoms with Crippen LogP contribution in [-0.2, 0) is 27.8 Å². The number of ether oxygens (including phenoxy) is 3. The summed E-state index contributed by atoms with van der Waals surface area (Å²) in [7, 11) is 0.959. The first-order chi connectivity index (χ1) is 16.8. The van der Waals surface area contributed by atoms with Crippen molar-refractivity contribution >= 4 is 21.6 Å². The van der Waals surface area contributed by atoms with Gasteiger partial charge < -0.3 is 24.0 Å². The molecule has 0 aromatic heterocycles. The first kappa shape index (κ1) is 24.9. The molecule has 0 N–H and O–H groups in total. The summed E-state index contributed by atoms with van der Waals surface area (Å²) >= 11 is 0. The number of anilines is 1. The van der Waals surface area contributed by atoms with Gasteiger partial charge in [0, 0.05) is 39.3 Å². The minimum absolute atomic E-state index is 0.104. The van der Waals surface area contributed by atoms with E-state index in [0.717, 1.165) is 11.1 Å². The molecule has 2 aromatic carbocycles. The molecule has 4 rings (SSSR count). The molecule has 1 fully saturated rings. The second-order valence-corrected chi connectivity index (χ2v) is 10.4. The Morgan fingerprint density at radius 2 is 1.51 bits per heavy atom. The molecule has 2 heterocycles. The number of benzene rings is 2. The SMILES string of the molecule is C=CC(=O)N1CCN(c2cc(S(=O)(=O)N3CCc4cc(OC)c(OC)cc4C3)ccc2OC)CC1. The second-order valence-electron chi connectivity index (χ2n) is 8.41. The average molecular weight is 502 g/mol. The Morgan fingerprint density at radius 1 is 0.886 bits per heavy atom. The molecule has 2 aromatic rings. The zero-order valence-electron chi connectivity index (χ0n) is 20.3. The van der Waals surface area contributed by atoms with Crippen molar-refractivity contribution in [3.05, 3.63) is 54.1 Å². The van der Waals surface area contributed by atoms with Gasteiger partial charge in [-0.1, -0.05) is 6.58 Å². The van der Waals surface area contributed by atoms with Crippen molar-refractivity contribution in [2.24, 2.45) is 0 Å². The Labute approximate surface area is 206 Å². The van der Waals surface area contributed by atoms with Gasteiger partial charge in [-0.3, -0.25) is 4.79 Å². The van der Waals surface area contributed by atoms with Gasteiger partial charge in [-0.2, -0.15) is 4.31 Å². The monoisotopic (exact) mass is 501 g/mol. The van der Waals surface area contributed by atoms with E-state index in [9.17, 15) is 13.2 Å². The first-order valence-electron chi connectivity index (χ1n) is 11.4. The van der Waals surface area contributed by atoms with Crippen molar-refractivity contribution in [2.75, 3.05) is 59.0 Å².